The molecule has 0 aliphatic carbocycles. The van der Waals surface area contributed by atoms with E-state index >= 15 is 0 Å². The van der Waals surface area contributed by atoms with Gasteiger partial charge in [-0.05, 0) is 62.4 Å². The standard InChI is InChI=1S/C19H24FN3O3S/c1-4-23(5-2)17-10-8-16(9-11-17)21-19(24)14-22(3)27(25,26)18-12-6-15(20)7-13-18/h6-13H,4-5,14H2,1-3H3,(H,21,24). The number of sulfonamides is 1. The molecule has 0 aromatic heterocycles. The molecule has 0 unspecified atom stereocenters. The van der Waals surface area contributed by atoms with Crippen molar-refractivity contribution in [2.45, 2.75) is 18.7 Å². The fraction of sp³-hybridized carbons (Fsp3) is 0.316. The third-order valence-electron chi connectivity index (χ3n) is 4.17. The normalized spacial score (nSPS) is 11.4. The van der Waals surface area contributed by atoms with Crippen molar-refractivity contribution in [1.29, 1.82) is 0 Å². The van der Waals surface area contributed by atoms with Gasteiger partial charge >= 0.3 is 0 Å². The first kappa shape index (κ1) is 20.9. The van der Waals surface area contributed by atoms with E-state index in [4.69, 9.17) is 0 Å². The van der Waals surface area contributed by atoms with Gasteiger partial charge in [-0.15, -0.1) is 0 Å². The molecular formula is C19H24FN3O3S. The molecular weight excluding hydrogens is 369 g/mol. The van der Waals surface area contributed by atoms with Crippen LogP contribution in [0.1, 0.15) is 13.8 Å². The number of anilines is 2. The second-order valence-electron chi connectivity index (χ2n) is 5.98. The zero-order chi connectivity index (χ0) is 20.0. The number of nitrogens with zero attached hydrogens (tertiary/aromatic N) is 2. The summed E-state index contributed by atoms with van der Waals surface area (Å²) in [6.07, 6.45) is 0. The van der Waals surface area contributed by atoms with E-state index in [2.05, 4.69) is 24.1 Å². The number of hydrogen-bond acceptors (Lipinski definition) is 4. The third-order valence-corrected chi connectivity index (χ3v) is 5.99. The summed E-state index contributed by atoms with van der Waals surface area (Å²) < 4.78 is 38.8. The molecule has 0 heterocycles. The predicted octanol–water partition coefficient (Wildman–Crippen LogP) is 2.93. The number of hydrogen-bond donors (Lipinski definition) is 1. The summed E-state index contributed by atoms with van der Waals surface area (Å²) in [6.45, 7) is 5.55. The number of nitrogens with one attached hydrogen (secondary N) is 1. The molecule has 0 spiro atoms. The molecule has 146 valence electrons. The zero-order valence-electron chi connectivity index (χ0n) is 15.6. The largest absolute Gasteiger partial charge is 0.372 e. The highest BCUT2D eigenvalue weighted by molar-refractivity contribution is 7.89. The fourth-order valence-corrected chi connectivity index (χ4v) is 3.75. The van der Waals surface area contributed by atoms with Gasteiger partial charge in [0.2, 0.25) is 15.9 Å². The van der Waals surface area contributed by atoms with Crippen molar-refractivity contribution in [3.63, 3.8) is 0 Å². The molecule has 0 bridgehead atoms. The van der Waals surface area contributed by atoms with Gasteiger partial charge < -0.3 is 10.2 Å². The average Bonchev–Trinajstić information content (AvgIpc) is 2.64. The van der Waals surface area contributed by atoms with Gasteiger partial charge in [-0.2, -0.15) is 4.31 Å². The number of benzene rings is 2. The van der Waals surface area contributed by atoms with Crippen molar-refractivity contribution in [2.24, 2.45) is 0 Å². The molecule has 8 heteroatoms. The van der Waals surface area contributed by atoms with E-state index in [0.29, 0.717) is 5.69 Å². The van der Waals surface area contributed by atoms with Crippen molar-refractivity contribution in [3.05, 3.63) is 54.3 Å². The van der Waals surface area contributed by atoms with Crippen molar-refractivity contribution >= 4 is 27.3 Å². The Balaban J connectivity index is 2.01. The molecule has 27 heavy (non-hydrogen) atoms. The van der Waals surface area contributed by atoms with Crippen LogP contribution in [0.2, 0.25) is 0 Å². The molecule has 0 fully saturated rings. The maximum absolute atomic E-state index is 13.0. The van der Waals surface area contributed by atoms with E-state index in [9.17, 15) is 17.6 Å². The molecule has 2 aromatic carbocycles. The minimum absolute atomic E-state index is 0.0669. The van der Waals surface area contributed by atoms with Crippen LogP contribution in [0.4, 0.5) is 15.8 Å². The van der Waals surface area contributed by atoms with Crippen molar-refractivity contribution in [2.75, 3.05) is 36.9 Å². The molecule has 2 aromatic rings. The molecule has 6 nitrogen and oxygen atoms in total. The number of carbonyl (C=O) groups is 1. The highest BCUT2D eigenvalue weighted by Gasteiger charge is 2.23. The minimum Gasteiger partial charge on any atom is -0.372 e. The van der Waals surface area contributed by atoms with E-state index in [1.807, 2.05) is 12.1 Å². The molecule has 1 amide bonds. The monoisotopic (exact) mass is 393 g/mol. The maximum Gasteiger partial charge on any atom is 0.243 e. The topological polar surface area (TPSA) is 69.7 Å². The Bertz CT molecular complexity index is 864. The maximum atomic E-state index is 13.0. The van der Waals surface area contributed by atoms with Gasteiger partial charge in [0.25, 0.3) is 0 Å². The summed E-state index contributed by atoms with van der Waals surface area (Å²) >= 11 is 0. The van der Waals surface area contributed by atoms with Crippen LogP contribution >= 0.6 is 0 Å². The van der Waals surface area contributed by atoms with Gasteiger partial charge in [0, 0.05) is 31.5 Å². The number of carbonyl (C=O) groups excluding carboxylic acids is 1. The highest BCUT2D eigenvalue weighted by atomic mass is 32.2. The van der Waals surface area contributed by atoms with Crippen LogP contribution in [-0.4, -0.2) is 45.3 Å². The molecule has 0 radical (unpaired) electrons. The van der Waals surface area contributed by atoms with Crippen LogP contribution in [0, 0.1) is 5.82 Å². The van der Waals surface area contributed by atoms with E-state index in [1.165, 1.54) is 19.2 Å². The van der Waals surface area contributed by atoms with Crippen LogP contribution < -0.4 is 10.2 Å². The van der Waals surface area contributed by atoms with Gasteiger partial charge in [-0.1, -0.05) is 0 Å². The molecule has 2 rings (SSSR count). The number of halogens is 1. The lowest BCUT2D eigenvalue weighted by molar-refractivity contribution is -0.116. The van der Waals surface area contributed by atoms with Crippen LogP contribution in [0.3, 0.4) is 0 Å². The van der Waals surface area contributed by atoms with Gasteiger partial charge in [0.15, 0.2) is 0 Å². The first-order valence-corrected chi connectivity index (χ1v) is 10.1. The van der Waals surface area contributed by atoms with E-state index < -0.39 is 21.7 Å². The second kappa shape index (κ2) is 8.96. The first-order valence-electron chi connectivity index (χ1n) is 8.64. The molecule has 0 atom stereocenters. The summed E-state index contributed by atoms with van der Waals surface area (Å²) in [5, 5.41) is 2.68. The quantitative estimate of drug-likeness (QED) is 0.749. The van der Waals surface area contributed by atoms with Gasteiger partial charge in [0.1, 0.15) is 5.82 Å². The molecule has 0 aliphatic rings. The fourth-order valence-electron chi connectivity index (χ4n) is 2.62. The summed E-state index contributed by atoms with van der Waals surface area (Å²) in [6, 6.07) is 11.8. The Hall–Kier alpha value is -2.45. The van der Waals surface area contributed by atoms with Crippen LogP contribution in [-0.2, 0) is 14.8 Å². The SMILES string of the molecule is CCN(CC)c1ccc(NC(=O)CN(C)S(=O)(=O)c2ccc(F)cc2)cc1. The Morgan fingerprint density at radius 2 is 1.56 bits per heavy atom. The first-order chi connectivity index (χ1) is 12.8. The lowest BCUT2D eigenvalue weighted by atomic mass is 10.2. The summed E-state index contributed by atoms with van der Waals surface area (Å²) in [4.78, 5) is 14.3. The average molecular weight is 393 g/mol. The van der Waals surface area contributed by atoms with Gasteiger partial charge in [-0.3, -0.25) is 4.79 Å². The minimum atomic E-state index is -3.87. The molecule has 0 aliphatic heterocycles. The molecule has 1 N–H and O–H groups in total. The Morgan fingerprint density at radius 3 is 2.07 bits per heavy atom. The van der Waals surface area contributed by atoms with Crippen LogP contribution in [0.25, 0.3) is 0 Å². The predicted molar refractivity (Wildman–Crippen MR) is 105 cm³/mol. The third kappa shape index (κ3) is 5.27. The smallest absolute Gasteiger partial charge is 0.243 e. The summed E-state index contributed by atoms with van der Waals surface area (Å²) in [5.41, 5.74) is 1.64. The zero-order valence-corrected chi connectivity index (χ0v) is 16.5. The van der Waals surface area contributed by atoms with Crippen molar-refractivity contribution in [1.82, 2.24) is 4.31 Å². The lowest BCUT2D eigenvalue weighted by Gasteiger charge is -2.21. The van der Waals surface area contributed by atoms with Crippen LogP contribution in [0.15, 0.2) is 53.4 Å². The molecule has 0 saturated carbocycles. The van der Waals surface area contributed by atoms with E-state index in [1.54, 1.807) is 12.1 Å². The van der Waals surface area contributed by atoms with E-state index in [0.717, 1.165) is 35.2 Å². The summed E-state index contributed by atoms with van der Waals surface area (Å²) in [7, 11) is -2.56. The number of likely N-dealkylation sites (N-methyl/N-ethyl adjacent to an activating group) is 1. The Kier molecular flexibility index (Phi) is 6.92. The Morgan fingerprint density at radius 1 is 1.00 bits per heavy atom. The number of rotatable bonds is 8. The van der Waals surface area contributed by atoms with Crippen molar-refractivity contribution in [3.8, 4) is 0 Å². The highest BCUT2D eigenvalue weighted by Crippen LogP contribution is 2.18. The lowest BCUT2D eigenvalue weighted by Crippen LogP contribution is -2.35. The van der Waals surface area contributed by atoms with Crippen molar-refractivity contribution < 1.29 is 17.6 Å². The second-order valence-corrected chi connectivity index (χ2v) is 8.03. The summed E-state index contributed by atoms with van der Waals surface area (Å²) in [5.74, 6) is -0.985. The van der Waals surface area contributed by atoms with Gasteiger partial charge in [0.05, 0.1) is 11.4 Å². The van der Waals surface area contributed by atoms with E-state index in [-0.39, 0.29) is 11.4 Å². The van der Waals surface area contributed by atoms with Gasteiger partial charge in [-0.25, -0.2) is 12.8 Å². The van der Waals surface area contributed by atoms with Crippen LogP contribution in [0.5, 0.6) is 0 Å². The Labute approximate surface area is 159 Å². The number of amides is 1. The molecule has 0 saturated heterocycles.